The average Bonchev–Trinajstić information content (AvgIpc) is 2.32. The smallest absolute Gasteiger partial charge is 0.252 e. The van der Waals surface area contributed by atoms with Crippen LogP contribution in [-0.4, -0.2) is 24.5 Å². The molecule has 0 aliphatic carbocycles. The average molecular weight is 368 g/mol. The van der Waals surface area contributed by atoms with Crippen LogP contribution < -0.4 is 10.6 Å². The molecule has 19 heavy (non-hydrogen) atoms. The molecule has 1 aliphatic rings. The summed E-state index contributed by atoms with van der Waals surface area (Å²) in [5, 5.41) is 7.00. The normalized spacial score (nSPS) is 22.5. The quantitative estimate of drug-likeness (QED) is 0.841. The van der Waals surface area contributed by atoms with E-state index in [2.05, 4.69) is 33.5 Å². The van der Waals surface area contributed by atoms with Crippen LogP contribution >= 0.6 is 39.9 Å². The first-order valence-corrected chi connectivity index (χ1v) is 7.22. The molecule has 1 aromatic carbocycles. The van der Waals surface area contributed by atoms with Crippen molar-refractivity contribution in [3.05, 3.63) is 33.3 Å². The maximum absolute atomic E-state index is 12.2. The van der Waals surface area contributed by atoms with Gasteiger partial charge in [-0.2, -0.15) is 0 Å². The predicted octanol–water partition coefficient (Wildman–Crippen LogP) is 3.39. The molecule has 1 amide bonds. The van der Waals surface area contributed by atoms with Gasteiger partial charge in [0.05, 0.1) is 5.56 Å². The maximum atomic E-state index is 12.2. The van der Waals surface area contributed by atoms with Gasteiger partial charge in [0.25, 0.3) is 5.91 Å². The molecule has 2 rings (SSSR count). The van der Waals surface area contributed by atoms with E-state index in [1.165, 1.54) is 0 Å². The maximum Gasteiger partial charge on any atom is 0.252 e. The molecule has 2 N–H and O–H groups in total. The van der Waals surface area contributed by atoms with Crippen molar-refractivity contribution in [3.8, 4) is 0 Å². The number of carbonyl (C=O) groups is 1. The molecule has 0 saturated carbocycles. The molecule has 1 aliphatic heterocycles. The first-order valence-electron chi connectivity index (χ1n) is 6.05. The van der Waals surface area contributed by atoms with Crippen molar-refractivity contribution in [1.82, 2.24) is 10.6 Å². The van der Waals surface area contributed by atoms with Crippen LogP contribution in [0.25, 0.3) is 0 Å². The number of halogens is 3. The highest BCUT2D eigenvalue weighted by Gasteiger charge is 2.21. The van der Waals surface area contributed by atoms with Gasteiger partial charge in [-0.3, -0.25) is 4.79 Å². The van der Waals surface area contributed by atoms with Gasteiger partial charge in [-0.05, 0) is 60.4 Å². The molecule has 1 aromatic rings. The van der Waals surface area contributed by atoms with Crippen LogP contribution in [0.1, 0.15) is 30.1 Å². The summed E-state index contributed by atoms with van der Waals surface area (Å²) in [4.78, 5) is 12.2. The van der Waals surface area contributed by atoms with Gasteiger partial charge in [-0.1, -0.05) is 11.6 Å². The Balaban J connectivity index is 0.00000180. The third kappa shape index (κ3) is 4.63. The molecule has 1 heterocycles. The van der Waals surface area contributed by atoms with Crippen molar-refractivity contribution in [3.63, 3.8) is 0 Å². The van der Waals surface area contributed by atoms with Crippen LogP contribution in [0.2, 0.25) is 5.02 Å². The summed E-state index contributed by atoms with van der Waals surface area (Å²) in [7, 11) is 0. The summed E-state index contributed by atoms with van der Waals surface area (Å²) in [6, 6.07) is 5.93. The molecule has 1 saturated heterocycles. The fraction of sp³-hybridized carbons (Fsp3) is 0.462. The second-order valence-electron chi connectivity index (χ2n) is 4.67. The van der Waals surface area contributed by atoms with Crippen molar-refractivity contribution in [2.24, 2.45) is 0 Å². The van der Waals surface area contributed by atoms with E-state index in [1.54, 1.807) is 18.2 Å². The van der Waals surface area contributed by atoms with Gasteiger partial charge in [0.2, 0.25) is 0 Å². The lowest BCUT2D eigenvalue weighted by molar-refractivity contribution is 0.0925. The Hall–Kier alpha value is -0.290. The zero-order valence-corrected chi connectivity index (χ0v) is 13.7. The minimum Gasteiger partial charge on any atom is -0.349 e. The highest BCUT2D eigenvalue weighted by atomic mass is 79.9. The fourth-order valence-corrected chi connectivity index (χ4v) is 2.80. The number of benzene rings is 1. The lowest BCUT2D eigenvalue weighted by Crippen LogP contribution is -2.46. The minimum absolute atomic E-state index is 0. The van der Waals surface area contributed by atoms with Crippen molar-refractivity contribution in [2.45, 2.75) is 31.8 Å². The number of carbonyl (C=O) groups excluding carboxylic acids is 1. The summed E-state index contributed by atoms with van der Waals surface area (Å²) >= 11 is 9.29. The van der Waals surface area contributed by atoms with Crippen LogP contribution in [0.4, 0.5) is 0 Å². The number of hydrogen-bond donors (Lipinski definition) is 2. The number of nitrogens with one attached hydrogen (secondary N) is 2. The third-order valence-electron chi connectivity index (χ3n) is 3.13. The Morgan fingerprint density at radius 2 is 2.26 bits per heavy atom. The molecule has 0 aromatic heterocycles. The van der Waals surface area contributed by atoms with E-state index in [0.29, 0.717) is 16.6 Å². The van der Waals surface area contributed by atoms with Gasteiger partial charge in [0.1, 0.15) is 0 Å². The summed E-state index contributed by atoms with van der Waals surface area (Å²) in [6.07, 6.45) is 1.93. The summed E-state index contributed by atoms with van der Waals surface area (Å²) in [5.41, 5.74) is 0.591. The van der Waals surface area contributed by atoms with Gasteiger partial charge in [0.15, 0.2) is 0 Å². The van der Waals surface area contributed by atoms with Crippen LogP contribution in [0.3, 0.4) is 0 Å². The zero-order valence-electron chi connectivity index (χ0n) is 10.6. The number of hydrogen-bond acceptors (Lipinski definition) is 2. The first-order chi connectivity index (χ1) is 8.56. The molecule has 2 unspecified atom stereocenters. The summed E-state index contributed by atoms with van der Waals surface area (Å²) in [6.45, 7) is 3.08. The zero-order chi connectivity index (χ0) is 13.1. The van der Waals surface area contributed by atoms with Crippen molar-refractivity contribution in [1.29, 1.82) is 0 Å². The van der Waals surface area contributed by atoms with Crippen LogP contribution in [0.15, 0.2) is 22.7 Å². The van der Waals surface area contributed by atoms with E-state index in [9.17, 15) is 4.79 Å². The molecular formula is C13H17BrCl2N2O. The van der Waals surface area contributed by atoms with E-state index >= 15 is 0 Å². The largest absolute Gasteiger partial charge is 0.349 e. The number of rotatable bonds is 2. The van der Waals surface area contributed by atoms with Crippen molar-refractivity contribution >= 4 is 45.8 Å². The first kappa shape index (κ1) is 16.8. The summed E-state index contributed by atoms with van der Waals surface area (Å²) in [5.74, 6) is -0.0662. The van der Waals surface area contributed by atoms with E-state index in [-0.39, 0.29) is 24.4 Å². The lowest BCUT2D eigenvalue weighted by Gasteiger charge is -2.28. The molecule has 0 radical (unpaired) electrons. The van der Waals surface area contributed by atoms with Crippen LogP contribution in [0.5, 0.6) is 0 Å². The van der Waals surface area contributed by atoms with Gasteiger partial charge in [-0.25, -0.2) is 0 Å². The summed E-state index contributed by atoms with van der Waals surface area (Å²) < 4.78 is 0.770. The minimum atomic E-state index is -0.0662. The Bertz CT molecular complexity index is 456. The van der Waals surface area contributed by atoms with Gasteiger partial charge >= 0.3 is 0 Å². The van der Waals surface area contributed by atoms with Crippen LogP contribution in [-0.2, 0) is 0 Å². The Morgan fingerprint density at radius 1 is 1.53 bits per heavy atom. The highest BCUT2D eigenvalue weighted by Crippen LogP contribution is 2.21. The SMILES string of the molecule is CC1CC(NC(=O)c2cc(Cl)ccc2Br)CCN1.Cl. The molecule has 106 valence electrons. The van der Waals surface area contributed by atoms with E-state index in [1.807, 2.05) is 0 Å². The van der Waals surface area contributed by atoms with Gasteiger partial charge in [0, 0.05) is 21.6 Å². The highest BCUT2D eigenvalue weighted by molar-refractivity contribution is 9.10. The third-order valence-corrected chi connectivity index (χ3v) is 4.06. The topological polar surface area (TPSA) is 41.1 Å². The van der Waals surface area contributed by atoms with Gasteiger partial charge < -0.3 is 10.6 Å². The van der Waals surface area contributed by atoms with Gasteiger partial charge in [-0.15, -0.1) is 12.4 Å². The monoisotopic (exact) mass is 366 g/mol. The lowest BCUT2D eigenvalue weighted by atomic mass is 10.0. The van der Waals surface area contributed by atoms with Crippen molar-refractivity contribution < 1.29 is 4.79 Å². The fourth-order valence-electron chi connectivity index (χ4n) is 2.20. The Kier molecular flexibility index (Phi) is 6.60. The molecule has 2 atom stereocenters. The van der Waals surface area contributed by atoms with E-state index < -0.39 is 0 Å². The molecule has 3 nitrogen and oxygen atoms in total. The molecule has 0 spiro atoms. The standard InChI is InChI=1S/C13H16BrClN2O.ClH/c1-8-6-10(4-5-16-8)17-13(18)11-7-9(15)2-3-12(11)14;/h2-3,7-8,10,16H,4-6H2,1H3,(H,17,18);1H. The van der Waals surface area contributed by atoms with E-state index in [0.717, 1.165) is 23.9 Å². The Morgan fingerprint density at radius 3 is 2.95 bits per heavy atom. The molecular weight excluding hydrogens is 351 g/mol. The second kappa shape index (κ2) is 7.48. The van der Waals surface area contributed by atoms with E-state index in [4.69, 9.17) is 11.6 Å². The Labute approximate surface area is 133 Å². The van der Waals surface area contributed by atoms with Crippen molar-refractivity contribution in [2.75, 3.05) is 6.54 Å². The molecule has 1 fully saturated rings. The number of amides is 1. The second-order valence-corrected chi connectivity index (χ2v) is 5.96. The molecule has 0 bridgehead atoms. The van der Waals surface area contributed by atoms with Crippen LogP contribution in [0, 0.1) is 0 Å². The molecule has 6 heteroatoms. The predicted molar refractivity (Wildman–Crippen MR) is 84.4 cm³/mol. The number of piperidine rings is 1.